The number of hydrogen-bond acceptors (Lipinski definition) is 4. The van der Waals surface area contributed by atoms with Crippen LogP contribution in [0, 0.1) is 0 Å². The number of piperidine rings is 1. The Balaban J connectivity index is 0.000000199. The summed E-state index contributed by atoms with van der Waals surface area (Å²) < 4.78 is 5.10. The van der Waals surface area contributed by atoms with Crippen LogP contribution in [0.3, 0.4) is 0 Å². The molecule has 0 amide bonds. The highest BCUT2D eigenvalue weighted by atomic mass is 32.2. The number of hydrogen-bond donors (Lipinski definition) is 0. The van der Waals surface area contributed by atoms with Gasteiger partial charge in [0.15, 0.2) is 5.17 Å². The highest BCUT2D eigenvalue weighted by Gasteiger charge is 2.12. The number of amidine groups is 1. The van der Waals surface area contributed by atoms with Gasteiger partial charge in [0.25, 0.3) is 0 Å². The van der Waals surface area contributed by atoms with Crippen LogP contribution in [0.25, 0.3) is 0 Å². The lowest BCUT2D eigenvalue weighted by molar-refractivity contribution is 0.0503. The van der Waals surface area contributed by atoms with Crippen LogP contribution in [0.1, 0.15) is 19.3 Å². The van der Waals surface area contributed by atoms with Crippen LogP contribution in [-0.4, -0.2) is 74.7 Å². The largest absolute Gasteiger partial charge is 0.379 e. The van der Waals surface area contributed by atoms with Crippen LogP contribution in [0.2, 0.25) is 0 Å². The Morgan fingerprint density at radius 1 is 1.06 bits per heavy atom. The second-order valence-electron chi connectivity index (χ2n) is 4.67. The van der Waals surface area contributed by atoms with Crippen molar-refractivity contribution in [2.45, 2.75) is 19.3 Å². The minimum atomic E-state index is 0.913. The van der Waals surface area contributed by atoms with Gasteiger partial charge >= 0.3 is 0 Å². The summed E-state index contributed by atoms with van der Waals surface area (Å²) in [5.41, 5.74) is 0. The van der Waals surface area contributed by atoms with Gasteiger partial charge in [0.2, 0.25) is 0 Å². The zero-order chi connectivity index (χ0) is 13.2. The van der Waals surface area contributed by atoms with Crippen molar-refractivity contribution in [3.05, 3.63) is 0 Å². The second kappa shape index (κ2) is 9.64. The molecule has 2 aliphatic rings. The average molecular weight is 273 g/mol. The van der Waals surface area contributed by atoms with E-state index in [0.717, 1.165) is 26.3 Å². The van der Waals surface area contributed by atoms with Crippen LogP contribution in [0.15, 0.2) is 4.99 Å². The molecular formula is C13H27N3OS. The van der Waals surface area contributed by atoms with Crippen LogP contribution >= 0.6 is 11.8 Å². The van der Waals surface area contributed by atoms with Crippen molar-refractivity contribution < 1.29 is 4.74 Å². The summed E-state index contributed by atoms with van der Waals surface area (Å²) in [5, 5.41) is 1.20. The highest BCUT2D eigenvalue weighted by Crippen LogP contribution is 2.13. The molecule has 0 bridgehead atoms. The lowest BCUT2D eigenvalue weighted by Crippen LogP contribution is -2.33. The molecule has 2 fully saturated rings. The topological polar surface area (TPSA) is 28.1 Å². The molecule has 2 saturated heterocycles. The zero-order valence-electron chi connectivity index (χ0n) is 12.0. The van der Waals surface area contributed by atoms with Gasteiger partial charge < -0.3 is 14.5 Å². The van der Waals surface area contributed by atoms with E-state index in [1.54, 1.807) is 11.8 Å². The maximum absolute atomic E-state index is 5.10. The van der Waals surface area contributed by atoms with E-state index in [-0.39, 0.29) is 0 Å². The second-order valence-corrected chi connectivity index (χ2v) is 5.45. The maximum Gasteiger partial charge on any atom is 0.158 e. The Hall–Kier alpha value is -0.260. The molecule has 0 aromatic rings. The van der Waals surface area contributed by atoms with E-state index >= 15 is 0 Å². The molecule has 2 rings (SSSR count). The fourth-order valence-electron chi connectivity index (χ4n) is 2.10. The first-order chi connectivity index (χ1) is 8.77. The van der Waals surface area contributed by atoms with Crippen molar-refractivity contribution in [2.75, 3.05) is 59.7 Å². The van der Waals surface area contributed by atoms with Crippen molar-refractivity contribution >= 4 is 16.9 Å². The van der Waals surface area contributed by atoms with Crippen molar-refractivity contribution in [1.29, 1.82) is 0 Å². The van der Waals surface area contributed by atoms with Gasteiger partial charge in [-0.2, -0.15) is 0 Å². The fourth-order valence-corrected chi connectivity index (χ4v) is 2.72. The van der Waals surface area contributed by atoms with E-state index in [9.17, 15) is 0 Å². The average Bonchev–Trinajstić information content (AvgIpc) is 2.43. The third-order valence-electron chi connectivity index (χ3n) is 3.24. The van der Waals surface area contributed by atoms with Crippen LogP contribution in [0.5, 0.6) is 0 Å². The van der Waals surface area contributed by atoms with Gasteiger partial charge in [-0.05, 0) is 32.6 Å². The molecule has 18 heavy (non-hydrogen) atoms. The van der Waals surface area contributed by atoms with Crippen LogP contribution < -0.4 is 0 Å². The Morgan fingerprint density at radius 2 is 1.67 bits per heavy atom. The highest BCUT2D eigenvalue weighted by molar-refractivity contribution is 8.13. The van der Waals surface area contributed by atoms with E-state index in [4.69, 9.17) is 4.74 Å². The minimum absolute atomic E-state index is 0.913. The van der Waals surface area contributed by atoms with Gasteiger partial charge in [0, 0.05) is 33.2 Å². The predicted octanol–water partition coefficient (Wildman–Crippen LogP) is 1.77. The number of thioether (sulfide) groups is 1. The van der Waals surface area contributed by atoms with E-state index in [1.807, 2.05) is 7.05 Å². The molecule has 0 aliphatic carbocycles. The van der Waals surface area contributed by atoms with Crippen molar-refractivity contribution in [1.82, 2.24) is 9.80 Å². The minimum Gasteiger partial charge on any atom is -0.379 e. The monoisotopic (exact) mass is 273 g/mol. The van der Waals surface area contributed by atoms with Gasteiger partial charge in [0.05, 0.1) is 13.2 Å². The number of likely N-dealkylation sites (N-methyl/N-ethyl adjacent to an activating group) is 1. The van der Waals surface area contributed by atoms with E-state index in [0.29, 0.717) is 0 Å². The van der Waals surface area contributed by atoms with Crippen molar-refractivity contribution in [3.63, 3.8) is 0 Å². The van der Waals surface area contributed by atoms with E-state index < -0.39 is 0 Å². The Kier molecular flexibility index (Phi) is 8.46. The first-order valence-electron chi connectivity index (χ1n) is 6.80. The molecular weight excluding hydrogens is 246 g/mol. The van der Waals surface area contributed by atoms with Crippen LogP contribution in [-0.2, 0) is 4.74 Å². The first kappa shape index (κ1) is 15.8. The molecule has 0 N–H and O–H groups in total. The summed E-state index contributed by atoms with van der Waals surface area (Å²) in [4.78, 5) is 8.89. The third kappa shape index (κ3) is 6.07. The van der Waals surface area contributed by atoms with Crippen LogP contribution in [0.4, 0.5) is 0 Å². The molecule has 4 nitrogen and oxygen atoms in total. The van der Waals surface area contributed by atoms with Crippen molar-refractivity contribution in [3.8, 4) is 0 Å². The standard InChI is InChI=1S/C8H16N2S.C5H11NO/c1-9-8(11-2)10-6-4-3-5-7-10;1-6-2-4-7-5-3-6/h3-7H2,1-2H3;2-5H2,1H3. The molecule has 2 heterocycles. The molecule has 2 aliphatic heterocycles. The van der Waals surface area contributed by atoms with Crippen molar-refractivity contribution in [2.24, 2.45) is 4.99 Å². The SMILES string of the molecule is CN1CCOCC1.CN=C(SC)N1CCCCC1. The summed E-state index contributed by atoms with van der Waals surface area (Å²) in [6, 6.07) is 0. The van der Waals surface area contributed by atoms with Gasteiger partial charge in [0.1, 0.15) is 0 Å². The zero-order valence-corrected chi connectivity index (χ0v) is 12.8. The first-order valence-corrected chi connectivity index (χ1v) is 8.02. The smallest absolute Gasteiger partial charge is 0.158 e. The summed E-state index contributed by atoms with van der Waals surface area (Å²) in [7, 11) is 3.99. The molecule has 0 radical (unpaired) electrons. The van der Waals surface area contributed by atoms with Gasteiger partial charge in [-0.15, -0.1) is 0 Å². The molecule has 0 aromatic heterocycles. The van der Waals surface area contributed by atoms with Gasteiger partial charge in [-0.25, -0.2) is 0 Å². The van der Waals surface area contributed by atoms with Gasteiger partial charge in [-0.3, -0.25) is 4.99 Å². The third-order valence-corrected chi connectivity index (χ3v) is 4.04. The maximum atomic E-state index is 5.10. The molecule has 0 saturated carbocycles. The molecule has 0 aromatic carbocycles. The number of aliphatic imine (C=N–C) groups is 1. The Morgan fingerprint density at radius 3 is 2.06 bits per heavy atom. The number of ether oxygens (including phenoxy) is 1. The molecule has 0 atom stereocenters. The number of morpholine rings is 1. The molecule has 0 unspecified atom stereocenters. The Labute approximate surface area is 116 Å². The molecule has 106 valence electrons. The van der Waals surface area contributed by atoms with Gasteiger partial charge in [-0.1, -0.05) is 11.8 Å². The summed E-state index contributed by atoms with van der Waals surface area (Å²) in [5.74, 6) is 0. The number of rotatable bonds is 0. The fraction of sp³-hybridized carbons (Fsp3) is 0.923. The lowest BCUT2D eigenvalue weighted by atomic mass is 10.1. The number of likely N-dealkylation sites (tertiary alicyclic amines) is 1. The lowest BCUT2D eigenvalue weighted by Gasteiger charge is -2.28. The molecule has 5 heteroatoms. The summed E-state index contributed by atoms with van der Waals surface area (Å²) in [6.07, 6.45) is 6.15. The van der Waals surface area contributed by atoms with E-state index in [1.165, 1.54) is 37.5 Å². The summed E-state index contributed by atoms with van der Waals surface area (Å²) >= 11 is 1.75. The normalized spacial score (nSPS) is 22.4. The quantitative estimate of drug-likeness (QED) is 0.497. The molecule has 0 spiro atoms. The summed E-state index contributed by atoms with van der Waals surface area (Å²) in [6.45, 7) is 6.42. The van der Waals surface area contributed by atoms with E-state index in [2.05, 4.69) is 28.1 Å². The predicted molar refractivity (Wildman–Crippen MR) is 80.6 cm³/mol. The Bertz CT molecular complexity index is 236. The number of nitrogens with zero attached hydrogens (tertiary/aromatic N) is 3.